The van der Waals surface area contributed by atoms with Crippen molar-refractivity contribution < 1.29 is 0 Å². The highest BCUT2D eigenvalue weighted by molar-refractivity contribution is 9.10. The molecule has 0 aliphatic carbocycles. The van der Waals surface area contributed by atoms with Crippen molar-refractivity contribution in [3.8, 4) is 17.1 Å². The zero-order valence-electron chi connectivity index (χ0n) is 14.5. The molecule has 4 aromatic rings. The van der Waals surface area contributed by atoms with Crippen molar-refractivity contribution in [3.63, 3.8) is 0 Å². The van der Waals surface area contributed by atoms with Crippen LogP contribution in [-0.2, 0) is 0 Å². The quantitative estimate of drug-likeness (QED) is 0.443. The van der Waals surface area contributed by atoms with Crippen LogP contribution in [0.25, 0.3) is 17.1 Å². The minimum Gasteiger partial charge on any atom is -0.265 e. The first-order valence-electron chi connectivity index (χ1n) is 8.09. The van der Waals surface area contributed by atoms with Gasteiger partial charge in [-0.2, -0.15) is 4.68 Å². The van der Waals surface area contributed by atoms with E-state index < -0.39 is 0 Å². The van der Waals surface area contributed by atoms with Crippen molar-refractivity contribution in [2.24, 2.45) is 0 Å². The van der Waals surface area contributed by atoms with E-state index in [9.17, 15) is 0 Å². The van der Waals surface area contributed by atoms with E-state index in [1.54, 1.807) is 17.1 Å². The molecule has 0 aliphatic rings. The zero-order valence-corrected chi connectivity index (χ0v) is 16.9. The molecule has 0 N–H and O–H groups in total. The average molecular weight is 440 g/mol. The van der Waals surface area contributed by atoms with Crippen molar-refractivity contribution >= 4 is 27.7 Å². The van der Waals surface area contributed by atoms with Gasteiger partial charge in [-0.25, -0.2) is 9.97 Å². The van der Waals surface area contributed by atoms with E-state index in [1.165, 1.54) is 11.8 Å². The van der Waals surface area contributed by atoms with Gasteiger partial charge in [0.2, 0.25) is 5.16 Å². The van der Waals surface area contributed by atoms with Crippen LogP contribution in [0.2, 0.25) is 0 Å². The molecule has 0 unspecified atom stereocenters. The first-order valence-corrected chi connectivity index (χ1v) is 9.70. The molecule has 3 aromatic heterocycles. The number of pyridine rings is 1. The highest BCUT2D eigenvalue weighted by Gasteiger charge is 2.16. The molecule has 0 fully saturated rings. The third-order valence-electron chi connectivity index (χ3n) is 3.98. The molecule has 9 heteroatoms. The fraction of sp³-hybridized carbons (Fsp3) is 0.111. The third-order valence-corrected chi connectivity index (χ3v) is 5.54. The third kappa shape index (κ3) is 3.74. The largest absolute Gasteiger partial charge is 0.265 e. The molecule has 27 heavy (non-hydrogen) atoms. The predicted octanol–water partition coefficient (Wildman–Crippen LogP) is 4.04. The minimum atomic E-state index is 0.638. The molecule has 7 nitrogen and oxygen atoms in total. The van der Waals surface area contributed by atoms with Gasteiger partial charge in [0.05, 0.1) is 5.69 Å². The summed E-state index contributed by atoms with van der Waals surface area (Å²) in [7, 11) is 0. The first-order chi connectivity index (χ1) is 13.1. The summed E-state index contributed by atoms with van der Waals surface area (Å²) in [6.45, 7) is 3.98. The summed E-state index contributed by atoms with van der Waals surface area (Å²) < 4.78 is 2.69. The van der Waals surface area contributed by atoms with E-state index in [0.717, 1.165) is 32.0 Å². The Kier molecular flexibility index (Phi) is 4.95. The molecule has 134 valence electrons. The molecule has 0 amide bonds. The number of hydrogen-bond acceptors (Lipinski definition) is 7. The van der Waals surface area contributed by atoms with E-state index in [4.69, 9.17) is 4.98 Å². The van der Waals surface area contributed by atoms with Crippen LogP contribution < -0.4 is 0 Å². The van der Waals surface area contributed by atoms with Gasteiger partial charge in [-0.1, -0.05) is 15.9 Å². The summed E-state index contributed by atoms with van der Waals surface area (Å²) >= 11 is 4.86. The molecule has 0 atom stereocenters. The first kappa shape index (κ1) is 17.7. The molecule has 0 aliphatic heterocycles. The number of benzene rings is 1. The fourth-order valence-corrected chi connectivity index (χ4v) is 3.58. The van der Waals surface area contributed by atoms with Crippen molar-refractivity contribution in [2.75, 3.05) is 0 Å². The number of halogens is 1. The highest BCUT2D eigenvalue weighted by Crippen LogP contribution is 2.31. The van der Waals surface area contributed by atoms with Crippen LogP contribution in [-0.4, -0.2) is 35.2 Å². The summed E-state index contributed by atoms with van der Waals surface area (Å²) in [5, 5.41) is 13.6. The maximum absolute atomic E-state index is 4.73. The van der Waals surface area contributed by atoms with Gasteiger partial charge in [-0.3, -0.25) is 4.98 Å². The van der Waals surface area contributed by atoms with Gasteiger partial charge in [-0.05, 0) is 72.4 Å². The monoisotopic (exact) mass is 439 g/mol. The van der Waals surface area contributed by atoms with Crippen molar-refractivity contribution in [3.05, 3.63) is 64.5 Å². The Balaban J connectivity index is 1.73. The Morgan fingerprint density at radius 1 is 0.963 bits per heavy atom. The number of aryl methyl sites for hydroxylation is 1. The summed E-state index contributed by atoms with van der Waals surface area (Å²) in [4.78, 5) is 13.4. The van der Waals surface area contributed by atoms with Gasteiger partial charge in [0.1, 0.15) is 5.03 Å². The molecule has 0 saturated heterocycles. The average Bonchev–Trinajstić information content (AvgIpc) is 3.15. The molecule has 4 rings (SSSR count). The van der Waals surface area contributed by atoms with Crippen LogP contribution >= 0.6 is 27.7 Å². The molecule has 0 bridgehead atoms. The minimum absolute atomic E-state index is 0.638. The second-order valence-electron chi connectivity index (χ2n) is 5.75. The normalized spacial score (nSPS) is 10.9. The summed E-state index contributed by atoms with van der Waals surface area (Å²) in [6.07, 6.45) is 3.46. The Hall–Kier alpha value is -2.65. The van der Waals surface area contributed by atoms with Crippen LogP contribution in [0.1, 0.15) is 11.3 Å². The van der Waals surface area contributed by atoms with Crippen molar-refractivity contribution in [1.29, 1.82) is 0 Å². The predicted molar refractivity (Wildman–Crippen MR) is 106 cm³/mol. The van der Waals surface area contributed by atoms with Gasteiger partial charge < -0.3 is 0 Å². The second-order valence-corrected chi connectivity index (χ2v) is 7.62. The van der Waals surface area contributed by atoms with Crippen LogP contribution in [0.5, 0.6) is 0 Å². The van der Waals surface area contributed by atoms with E-state index in [-0.39, 0.29) is 0 Å². The maximum Gasteiger partial charge on any atom is 0.220 e. The van der Waals surface area contributed by atoms with Crippen LogP contribution in [0.4, 0.5) is 0 Å². The smallest absolute Gasteiger partial charge is 0.220 e. The number of rotatable bonds is 4. The van der Waals surface area contributed by atoms with Gasteiger partial charge in [0, 0.05) is 33.7 Å². The molecule has 1 aromatic carbocycles. The van der Waals surface area contributed by atoms with Gasteiger partial charge >= 0.3 is 0 Å². The molecule has 0 saturated carbocycles. The van der Waals surface area contributed by atoms with Gasteiger partial charge in [0.25, 0.3) is 0 Å². The highest BCUT2D eigenvalue weighted by atomic mass is 79.9. The molecule has 0 radical (unpaired) electrons. The Morgan fingerprint density at radius 3 is 2.44 bits per heavy atom. The lowest BCUT2D eigenvalue weighted by Gasteiger charge is -2.10. The molecule has 3 heterocycles. The van der Waals surface area contributed by atoms with Crippen LogP contribution in [0, 0.1) is 13.8 Å². The van der Waals surface area contributed by atoms with Crippen LogP contribution in [0.3, 0.4) is 0 Å². The van der Waals surface area contributed by atoms with Crippen molar-refractivity contribution in [2.45, 2.75) is 24.0 Å². The Bertz CT molecular complexity index is 1080. The molecular weight excluding hydrogens is 426 g/mol. The van der Waals surface area contributed by atoms with Gasteiger partial charge in [-0.15, -0.1) is 5.10 Å². The van der Waals surface area contributed by atoms with E-state index in [1.807, 2.05) is 50.2 Å². The van der Waals surface area contributed by atoms with E-state index in [0.29, 0.717) is 11.0 Å². The number of nitrogens with zero attached hydrogens (tertiary/aromatic N) is 7. The zero-order chi connectivity index (χ0) is 18.8. The summed E-state index contributed by atoms with van der Waals surface area (Å²) in [5.74, 6) is 0.658. The maximum atomic E-state index is 4.73. The van der Waals surface area contributed by atoms with Gasteiger partial charge in [0.15, 0.2) is 5.82 Å². The lowest BCUT2D eigenvalue weighted by atomic mass is 10.2. The molecule has 0 spiro atoms. The Morgan fingerprint density at radius 2 is 1.70 bits per heavy atom. The topological polar surface area (TPSA) is 82.3 Å². The lowest BCUT2D eigenvalue weighted by Crippen LogP contribution is -2.02. The standard InChI is InChI=1S/C18H14BrN7S/c1-11-12(2)21-16(13-7-9-20-10-8-13)22-17(11)27-18-23-24-25-26(18)15-5-3-14(19)4-6-15/h3-10H,1-2H3. The number of tetrazole rings is 1. The van der Waals surface area contributed by atoms with Crippen molar-refractivity contribution in [1.82, 2.24) is 35.2 Å². The SMILES string of the molecule is Cc1nc(-c2ccncc2)nc(Sc2nnnn2-c2ccc(Br)cc2)c1C. The van der Waals surface area contributed by atoms with E-state index >= 15 is 0 Å². The van der Waals surface area contributed by atoms with E-state index in [2.05, 4.69) is 41.4 Å². The summed E-state index contributed by atoms with van der Waals surface area (Å²) in [6, 6.07) is 11.6. The lowest BCUT2D eigenvalue weighted by molar-refractivity contribution is 0.755. The Labute approximate surface area is 168 Å². The second kappa shape index (κ2) is 7.53. The molecular formula is C18H14BrN7S. The number of hydrogen-bond donors (Lipinski definition) is 0. The summed E-state index contributed by atoms with van der Waals surface area (Å²) in [5.41, 5.74) is 3.72. The van der Waals surface area contributed by atoms with Crippen LogP contribution in [0.15, 0.2) is 63.4 Å². The fourth-order valence-electron chi connectivity index (χ4n) is 2.41. The number of aromatic nitrogens is 7.